The molecule has 0 aliphatic carbocycles. The number of amides is 2. The van der Waals surface area contributed by atoms with Crippen molar-refractivity contribution in [3.8, 4) is 5.88 Å². The average Bonchev–Trinajstić information content (AvgIpc) is 3.84. The third-order valence-electron chi connectivity index (χ3n) is 9.93. The highest BCUT2D eigenvalue weighted by molar-refractivity contribution is 7.88. The summed E-state index contributed by atoms with van der Waals surface area (Å²) in [6.45, 7) is 21.0. The van der Waals surface area contributed by atoms with Crippen LogP contribution in [0, 0.1) is 12.5 Å². The molecule has 2 amide bonds. The topological polar surface area (TPSA) is 175 Å². The molecule has 4 aromatic rings. The van der Waals surface area contributed by atoms with Crippen LogP contribution in [0.3, 0.4) is 0 Å². The Morgan fingerprint density at radius 3 is 2.19 bits per heavy atom. The SMILES string of the molecule is [C-]#[N+]CCOP(O[C@H]1[C@@H]2[C@H](n3cnc4c(OC(=O)N(c5ccccc5)c5ccccc5)nc(NC(=O)C(C)C)nc43)O[C@@]1(CC)CN2S(C)(=O)=O)N(C(C)C)C(C)C. The maximum absolute atomic E-state index is 14.2. The summed E-state index contributed by atoms with van der Waals surface area (Å²) in [6, 6.07) is 17.0. The largest absolute Gasteiger partial charge is 0.425 e. The van der Waals surface area contributed by atoms with Gasteiger partial charge in [-0.1, -0.05) is 57.2 Å². The highest BCUT2D eigenvalue weighted by atomic mass is 32.2. The first kappa shape index (κ1) is 43.0. The van der Waals surface area contributed by atoms with Crippen LogP contribution in [-0.4, -0.2) is 105 Å². The van der Waals surface area contributed by atoms with E-state index in [0.717, 1.165) is 6.26 Å². The highest BCUT2D eigenvalue weighted by Gasteiger charge is 2.67. The van der Waals surface area contributed by atoms with Crippen molar-refractivity contribution in [1.82, 2.24) is 28.5 Å². The number of nitrogens with one attached hydrogen (secondary N) is 1. The summed E-state index contributed by atoms with van der Waals surface area (Å²) >= 11 is 0. The summed E-state index contributed by atoms with van der Waals surface area (Å²) < 4.78 is 58.2. The summed E-state index contributed by atoms with van der Waals surface area (Å²) in [7, 11) is -5.63. The van der Waals surface area contributed by atoms with Crippen LogP contribution < -0.4 is 15.0 Å². The van der Waals surface area contributed by atoms with Crippen LogP contribution in [0.5, 0.6) is 5.88 Å². The molecule has 2 saturated heterocycles. The molecule has 2 aliphatic heterocycles. The molecule has 5 atom stereocenters. The van der Waals surface area contributed by atoms with E-state index in [-0.39, 0.29) is 60.7 Å². The van der Waals surface area contributed by atoms with Gasteiger partial charge in [-0.25, -0.2) is 34.3 Å². The predicted octanol–water partition coefficient (Wildman–Crippen LogP) is 6.75. The van der Waals surface area contributed by atoms with Gasteiger partial charge in [0.2, 0.25) is 28.4 Å². The molecule has 1 N–H and O–H groups in total. The number of aromatic nitrogens is 4. The summed E-state index contributed by atoms with van der Waals surface area (Å²) in [4.78, 5) is 45.7. The molecule has 2 aromatic heterocycles. The van der Waals surface area contributed by atoms with Gasteiger partial charge in [0.25, 0.3) is 14.4 Å². The number of para-hydroxylation sites is 2. The summed E-state index contributed by atoms with van der Waals surface area (Å²) in [5.74, 6) is -1.23. The number of anilines is 3. The lowest BCUT2D eigenvalue weighted by molar-refractivity contribution is -0.121. The van der Waals surface area contributed by atoms with Gasteiger partial charge in [-0.3, -0.25) is 14.7 Å². The Kier molecular flexibility index (Phi) is 13.1. The number of fused-ring (bicyclic) bond motifs is 3. The smallest absolute Gasteiger partial charge is 0.388 e. The number of hydrogen-bond acceptors (Lipinski definition) is 12. The number of nitrogens with zero attached hydrogens (tertiary/aromatic N) is 8. The summed E-state index contributed by atoms with van der Waals surface area (Å²) in [5, 5.41) is 2.71. The molecular formula is C39H50N9O8PS. The van der Waals surface area contributed by atoms with Crippen molar-refractivity contribution in [3.05, 3.63) is 78.4 Å². The zero-order valence-electron chi connectivity index (χ0n) is 33.8. The molecule has 0 radical (unpaired) electrons. The minimum Gasteiger partial charge on any atom is -0.388 e. The van der Waals surface area contributed by atoms with Gasteiger partial charge < -0.3 is 23.4 Å². The van der Waals surface area contributed by atoms with E-state index < -0.39 is 54.5 Å². The first-order valence-corrected chi connectivity index (χ1v) is 22.1. The molecule has 2 bridgehead atoms. The maximum Gasteiger partial charge on any atom is 0.425 e. The monoisotopic (exact) mass is 835 g/mol. The van der Waals surface area contributed by atoms with Crippen molar-refractivity contribution in [2.75, 3.05) is 36.2 Å². The Morgan fingerprint density at radius 1 is 1.03 bits per heavy atom. The van der Waals surface area contributed by atoms with E-state index in [0.29, 0.717) is 17.8 Å². The van der Waals surface area contributed by atoms with Crippen LogP contribution in [0.25, 0.3) is 16.0 Å². The molecule has 4 heterocycles. The number of benzene rings is 2. The Labute approximate surface area is 340 Å². The summed E-state index contributed by atoms with van der Waals surface area (Å²) in [5.41, 5.74) is 0.109. The number of carbonyl (C=O) groups is 2. The van der Waals surface area contributed by atoms with Crippen molar-refractivity contribution < 1.29 is 36.5 Å². The Hall–Kier alpha value is -4.60. The van der Waals surface area contributed by atoms with Crippen molar-refractivity contribution in [3.63, 3.8) is 0 Å². The number of imidazole rings is 1. The van der Waals surface area contributed by atoms with Gasteiger partial charge in [-0.05, 0) is 58.4 Å². The van der Waals surface area contributed by atoms with E-state index in [1.165, 1.54) is 15.5 Å². The van der Waals surface area contributed by atoms with Crippen molar-refractivity contribution in [1.29, 1.82) is 0 Å². The quantitative estimate of drug-likeness (QED) is 0.0716. The van der Waals surface area contributed by atoms with Crippen LogP contribution in [-0.2, 0) is 28.6 Å². The molecule has 2 aliphatic rings. The predicted molar refractivity (Wildman–Crippen MR) is 220 cm³/mol. The molecule has 0 saturated carbocycles. The minimum atomic E-state index is -3.83. The second-order valence-corrected chi connectivity index (χ2v) is 18.3. The molecule has 2 fully saturated rings. The second-order valence-electron chi connectivity index (χ2n) is 15.0. The van der Waals surface area contributed by atoms with Gasteiger partial charge in [-0.15, -0.1) is 0 Å². The molecule has 17 nitrogen and oxygen atoms in total. The lowest BCUT2D eigenvalue weighted by Crippen LogP contribution is -2.47. The van der Waals surface area contributed by atoms with Gasteiger partial charge in [0.1, 0.15) is 18.3 Å². The zero-order valence-corrected chi connectivity index (χ0v) is 35.6. The van der Waals surface area contributed by atoms with Crippen LogP contribution in [0.1, 0.15) is 61.1 Å². The van der Waals surface area contributed by atoms with E-state index >= 15 is 0 Å². The lowest BCUT2D eigenvalue weighted by Gasteiger charge is -2.38. The molecule has 58 heavy (non-hydrogen) atoms. The van der Waals surface area contributed by atoms with E-state index in [4.69, 9.17) is 25.1 Å². The van der Waals surface area contributed by atoms with E-state index in [1.807, 2.05) is 46.8 Å². The first-order chi connectivity index (χ1) is 27.6. The molecule has 19 heteroatoms. The third-order valence-corrected chi connectivity index (χ3v) is 13.3. The average molecular weight is 836 g/mol. The lowest BCUT2D eigenvalue weighted by atomic mass is 9.96. The molecular weight excluding hydrogens is 786 g/mol. The molecule has 310 valence electrons. The van der Waals surface area contributed by atoms with Gasteiger partial charge >= 0.3 is 6.09 Å². The standard InChI is InChI=1S/C39H50N9O8PS/c1-10-39-23-46(58(9,51)52)31(32(39)56-57(53-22-21-40-8)48(26(4)5)27(6)7)36(55-39)45-24-41-30-33(45)42-37(43-34(49)25(2)3)44-35(30)54-38(50)47(28-17-13-11-14-18-28)29-19-15-12-16-20-29/h11-20,24-27,31-32,36H,10,21-23H2,1-7,9H3,(H,42,43,44,49)/t31-,32+,36-,39+,57?/m1/s1. The summed E-state index contributed by atoms with van der Waals surface area (Å²) in [6.07, 6.45) is 0.274. The van der Waals surface area contributed by atoms with Crippen LogP contribution in [0.2, 0.25) is 0 Å². The van der Waals surface area contributed by atoms with Crippen molar-refractivity contribution in [2.24, 2.45) is 5.92 Å². The Morgan fingerprint density at radius 2 is 1.66 bits per heavy atom. The number of sulfonamides is 1. The fraction of sp³-hybridized carbons (Fsp3) is 0.487. The molecule has 6 rings (SSSR count). The van der Waals surface area contributed by atoms with E-state index in [2.05, 4.69) is 29.8 Å². The fourth-order valence-corrected chi connectivity index (χ4v) is 10.1. The van der Waals surface area contributed by atoms with Crippen molar-refractivity contribution >= 4 is 59.0 Å². The number of rotatable bonds is 16. The first-order valence-electron chi connectivity index (χ1n) is 19.1. The van der Waals surface area contributed by atoms with Crippen LogP contribution >= 0.6 is 8.53 Å². The number of hydrogen-bond donors (Lipinski definition) is 1. The van der Waals surface area contributed by atoms with Gasteiger partial charge in [0.15, 0.2) is 17.4 Å². The normalized spacial score (nSPS) is 21.3. The van der Waals surface area contributed by atoms with E-state index in [9.17, 15) is 18.0 Å². The minimum absolute atomic E-state index is 0.00647. The molecule has 1 unspecified atom stereocenters. The molecule has 2 aromatic carbocycles. The second kappa shape index (κ2) is 17.7. The Balaban J connectivity index is 1.46. The molecule has 0 spiro atoms. The van der Waals surface area contributed by atoms with Gasteiger partial charge in [-0.2, -0.15) is 14.3 Å². The van der Waals surface area contributed by atoms with Crippen LogP contribution in [0.15, 0.2) is 67.0 Å². The number of ether oxygens (including phenoxy) is 2. The number of carbonyl (C=O) groups excluding carboxylic acids is 2. The third kappa shape index (κ3) is 8.71. The zero-order chi connectivity index (χ0) is 41.9. The maximum atomic E-state index is 14.2. The fourth-order valence-electron chi connectivity index (χ4n) is 7.23. The van der Waals surface area contributed by atoms with Gasteiger partial charge in [0.05, 0.1) is 30.0 Å². The van der Waals surface area contributed by atoms with Crippen molar-refractivity contribution in [2.45, 2.75) is 90.9 Å². The van der Waals surface area contributed by atoms with Crippen LogP contribution in [0.4, 0.5) is 22.1 Å². The van der Waals surface area contributed by atoms with E-state index in [1.54, 1.807) is 66.9 Å². The van der Waals surface area contributed by atoms with Gasteiger partial charge in [0, 0.05) is 24.5 Å². The Bertz CT molecular complexity index is 2190. The number of morpholine rings is 1. The highest BCUT2D eigenvalue weighted by Crippen LogP contribution is 2.57.